The molecular formula is C13H17N3O3S2. The van der Waals surface area contributed by atoms with E-state index < -0.39 is 10.0 Å². The molecule has 2 aromatic rings. The number of nitrogens with one attached hydrogen (secondary N) is 1. The molecule has 0 saturated carbocycles. The standard InChI is InChI=1S/C13H17N3O3S2/c1-3-21(18,19)14-8-9-20-13-15-11-7-5-4-6-10(11)12(17)16(13)2/h4-7,14H,3,8-9H2,1-2H3. The first kappa shape index (κ1) is 16.0. The van der Waals surface area contributed by atoms with Gasteiger partial charge in [0.1, 0.15) is 0 Å². The van der Waals surface area contributed by atoms with Gasteiger partial charge in [0, 0.05) is 19.3 Å². The van der Waals surface area contributed by atoms with Crippen LogP contribution in [-0.4, -0.2) is 36.0 Å². The lowest BCUT2D eigenvalue weighted by molar-refractivity contribution is 0.585. The van der Waals surface area contributed by atoms with Crippen molar-refractivity contribution in [3.63, 3.8) is 0 Å². The van der Waals surface area contributed by atoms with Crippen LogP contribution in [0, 0.1) is 0 Å². The van der Waals surface area contributed by atoms with Gasteiger partial charge in [-0.2, -0.15) is 0 Å². The van der Waals surface area contributed by atoms with Crippen LogP contribution in [0.1, 0.15) is 6.92 Å². The van der Waals surface area contributed by atoms with E-state index >= 15 is 0 Å². The number of aromatic nitrogens is 2. The van der Waals surface area contributed by atoms with Crippen molar-refractivity contribution in [3.05, 3.63) is 34.6 Å². The molecule has 0 saturated heterocycles. The average molecular weight is 327 g/mol. The Morgan fingerprint density at radius 2 is 2.05 bits per heavy atom. The molecule has 1 N–H and O–H groups in total. The second-order valence-corrected chi connectivity index (χ2v) is 7.58. The van der Waals surface area contributed by atoms with Gasteiger partial charge in [-0.05, 0) is 19.1 Å². The van der Waals surface area contributed by atoms with E-state index in [0.29, 0.717) is 28.4 Å². The summed E-state index contributed by atoms with van der Waals surface area (Å²) in [5, 5.41) is 1.16. The van der Waals surface area contributed by atoms with E-state index in [-0.39, 0.29) is 11.3 Å². The van der Waals surface area contributed by atoms with E-state index in [2.05, 4.69) is 9.71 Å². The van der Waals surface area contributed by atoms with Crippen LogP contribution in [0.2, 0.25) is 0 Å². The van der Waals surface area contributed by atoms with E-state index in [4.69, 9.17) is 0 Å². The highest BCUT2D eigenvalue weighted by Crippen LogP contribution is 2.16. The summed E-state index contributed by atoms with van der Waals surface area (Å²) in [6.45, 7) is 1.90. The second-order valence-electron chi connectivity index (χ2n) is 4.42. The zero-order valence-corrected chi connectivity index (χ0v) is 13.5. The lowest BCUT2D eigenvalue weighted by Crippen LogP contribution is -2.27. The number of para-hydroxylation sites is 1. The van der Waals surface area contributed by atoms with Gasteiger partial charge in [-0.1, -0.05) is 23.9 Å². The first-order valence-corrected chi connectivity index (χ1v) is 9.14. The fourth-order valence-corrected chi connectivity index (χ4v) is 3.34. The minimum Gasteiger partial charge on any atom is -0.290 e. The predicted molar refractivity (Wildman–Crippen MR) is 85.2 cm³/mol. The van der Waals surface area contributed by atoms with Gasteiger partial charge >= 0.3 is 0 Å². The monoisotopic (exact) mass is 327 g/mol. The molecule has 0 spiro atoms. The topological polar surface area (TPSA) is 81.1 Å². The molecule has 0 aliphatic heterocycles. The third kappa shape index (κ3) is 3.84. The maximum absolute atomic E-state index is 12.2. The van der Waals surface area contributed by atoms with Crippen LogP contribution in [0.5, 0.6) is 0 Å². The summed E-state index contributed by atoms with van der Waals surface area (Å²) in [6, 6.07) is 7.17. The molecule has 1 aromatic heterocycles. The Balaban J connectivity index is 2.13. The van der Waals surface area contributed by atoms with Gasteiger partial charge in [-0.25, -0.2) is 18.1 Å². The number of hydrogen-bond acceptors (Lipinski definition) is 5. The molecule has 1 aromatic carbocycles. The molecule has 0 aliphatic rings. The van der Waals surface area contributed by atoms with Crippen molar-refractivity contribution in [2.45, 2.75) is 12.1 Å². The number of benzene rings is 1. The van der Waals surface area contributed by atoms with Crippen LogP contribution in [0.15, 0.2) is 34.2 Å². The van der Waals surface area contributed by atoms with E-state index in [1.54, 1.807) is 32.2 Å². The average Bonchev–Trinajstić information content (AvgIpc) is 2.48. The SMILES string of the molecule is CCS(=O)(=O)NCCSc1nc2ccccc2c(=O)n1C. The lowest BCUT2D eigenvalue weighted by atomic mass is 10.2. The molecule has 0 bridgehead atoms. The summed E-state index contributed by atoms with van der Waals surface area (Å²) < 4.78 is 26.6. The van der Waals surface area contributed by atoms with Crippen molar-refractivity contribution in [1.29, 1.82) is 0 Å². The van der Waals surface area contributed by atoms with Crippen LogP contribution in [-0.2, 0) is 17.1 Å². The van der Waals surface area contributed by atoms with Gasteiger partial charge in [0.2, 0.25) is 10.0 Å². The van der Waals surface area contributed by atoms with Crippen LogP contribution in [0.4, 0.5) is 0 Å². The number of thioether (sulfide) groups is 1. The number of sulfonamides is 1. The normalized spacial score (nSPS) is 11.9. The molecule has 21 heavy (non-hydrogen) atoms. The summed E-state index contributed by atoms with van der Waals surface area (Å²) in [6.07, 6.45) is 0. The molecule has 114 valence electrons. The van der Waals surface area contributed by atoms with E-state index in [0.717, 1.165) is 0 Å². The number of fused-ring (bicyclic) bond motifs is 1. The third-order valence-corrected chi connectivity index (χ3v) is 5.41. The van der Waals surface area contributed by atoms with Crippen LogP contribution in [0.3, 0.4) is 0 Å². The summed E-state index contributed by atoms with van der Waals surface area (Å²) in [4.78, 5) is 16.6. The molecule has 2 rings (SSSR count). The molecule has 8 heteroatoms. The number of nitrogens with zero attached hydrogens (tertiary/aromatic N) is 2. The van der Waals surface area contributed by atoms with Crippen LogP contribution < -0.4 is 10.3 Å². The molecular weight excluding hydrogens is 310 g/mol. The summed E-state index contributed by atoms with van der Waals surface area (Å²) in [5.41, 5.74) is 0.550. The molecule has 0 aliphatic carbocycles. The minimum absolute atomic E-state index is 0.0599. The minimum atomic E-state index is -3.18. The number of hydrogen-bond donors (Lipinski definition) is 1. The Labute approximate surface area is 127 Å². The van der Waals surface area contributed by atoms with Gasteiger partial charge in [0.15, 0.2) is 5.16 Å². The van der Waals surface area contributed by atoms with Crippen molar-refractivity contribution in [1.82, 2.24) is 14.3 Å². The first-order chi connectivity index (χ1) is 9.94. The van der Waals surface area contributed by atoms with Gasteiger partial charge in [0.25, 0.3) is 5.56 Å². The van der Waals surface area contributed by atoms with Crippen molar-refractivity contribution in [2.24, 2.45) is 7.05 Å². The molecule has 6 nitrogen and oxygen atoms in total. The summed E-state index contributed by atoms with van der Waals surface area (Å²) in [7, 11) is -1.51. The molecule has 0 amide bonds. The molecule has 0 fully saturated rings. The van der Waals surface area contributed by atoms with Crippen molar-refractivity contribution in [2.75, 3.05) is 18.1 Å². The van der Waals surface area contributed by atoms with Gasteiger partial charge in [-0.15, -0.1) is 0 Å². The highest BCUT2D eigenvalue weighted by Gasteiger charge is 2.09. The van der Waals surface area contributed by atoms with Crippen LogP contribution in [0.25, 0.3) is 10.9 Å². The maximum Gasteiger partial charge on any atom is 0.261 e. The summed E-state index contributed by atoms with van der Waals surface area (Å²) in [5.74, 6) is 0.572. The number of rotatable bonds is 6. The zero-order valence-electron chi connectivity index (χ0n) is 11.9. The Hall–Kier alpha value is -1.38. The molecule has 0 radical (unpaired) electrons. The van der Waals surface area contributed by atoms with Crippen molar-refractivity contribution >= 4 is 32.7 Å². The highest BCUT2D eigenvalue weighted by molar-refractivity contribution is 7.99. The summed E-state index contributed by atoms with van der Waals surface area (Å²) >= 11 is 1.35. The maximum atomic E-state index is 12.2. The van der Waals surface area contributed by atoms with Crippen molar-refractivity contribution < 1.29 is 8.42 Å². The van der Waals surface area contributed by atoms with Gasteiger partial charge in [0.05, 0.1) is 16.7 Å². The molecule has 0 unspecified atom stereocenters. The Bertz CT molecular complexity index is 800. The quantitative estimate of drug-likeness (QED) is 0.486. The van der Waals surface area contributed by atoms with E-state index in [9.17, 15) is 13.2 Å². The Morgan fingerprint density at radius 3 is 2.76 bits per heavy atom. The third-order valence-electron chi connectivity index (χ3n) is 2.98. The smallest absolute Gasteiger partial charge is 0.261 e. The predicted octanol–water partition coefficient (Wildman–Crippen LogP) is 0.965. The fourth-order valence-electron chi connectivity index (χ4n) is 1.77. The van der Waals surface area contributed by atoms with Crippen LogP contribution >= 0.6 is 11.8 Å². The second kappa shape index (κ2) is 6.59. The van der Waals surface area contributed by atoms with Gasteiger partial charge < -0.3 is 0 Å². The van der Waals surface area contributed by atoms with Gasteiger partial charge in [-0.3, -0.25) is 9.36 Å². The molecule has 0 atom stereocenters. The Morgan fingerprint density at radius 1 is 1.33 bits per heavy atom. The first-order valence-electron chi connectivity index (χ1n) is 6.50. The lowest BCUT2D eigenvalue weighted by Gasteiger charge is -2.09. The van der Waals surface area contributed by atoms with Crippen molar-refractivity contribution in [3.8, 4) is 0 Å². The fraction of sp³-hybridized carbons (Fsp3) is 0.385. The van der Waals surface area contributed by atoms with E-state index in [1.807, 2.05) is 6.07 Å². The zero-order chi connectivity index (χ0) is 15.5. The highest BCUT2D eigenvalue weighted by atomic mass is 32.2. The molecule has 1 heterocycles. The largest absolute Gasteiger partial charge is 0.290 e. The Kier molecular flexibility index (Phi) is 5.02. The van der Waals surface area contributed by atoms with E-state index in [1.165, 1.54) is 16.3 Å².